The number of H-pyrrole nitrogens is 1. The summed E-state index contributed by atoms with van der Waals surface area (Å²) in [5, 5.41) is 14.2. The second-order valence-corrected chi connectivity index (χ2v) is 6.77. The Bertz CT molecular complexity index is 941. The standard InChI is InChI=1S/C18H16FN3O3S/c19-12-2-5-14(6-3-12)26-9-1-8-20-18(23)16-11-21-17-7-4-13(22(24)25)10-15(16)17/h2-7,10-11,21H,1,8-9H2,(H,20,23). The van der Waals surface area contributed by atoms with Crippen LogP contribution in [0, 0.1) is 15.9 Å². The number of nitro benzene ring substituents is 1. The van der Waals surface area contributed by atoms with Gasteiger partial charge in [0.05, 0.1) is 10.5 Å². The molecule has 0 radical (unpaired) electrons. The highest BCUT2D eigenvalue weighted by Crippen LogP contribution is 2.23. The van der Waals surface area contributed by atoms with E-state index in [-0.39, 0.29) is 17.4 Å². The third-order valence-corrected chi connectivity index (χ3v) is 4.91. The third-order valence-electron chi connectivity index (χ3n) is 3.81. The van der Waals surface area contributed by atoms with Gasteiger partial charge in [-0.25, -0.2) is 4.39 Å². The quantitative estimate of drug-likeness (QED) is 0.282. The number of nitrogens with zero attached hydrogens (tertiary/aromatic N) is 1. The highest BCUT2D eigenvalue weighted by molar-refractivity contribution is 7.99. The average Bonchev–Trinajstić information content (AvgIpc) is 3.06. The van der Waals surface area contributed by atoms with Gasteiger partial charge in [-0.2, -0.15) is 0 Å². The SMILES string of the molecule is O=C(NCCCSc1ccc(F)cc1)c1c[nH]c2ccc([N+](=O)[O-])cc12. The number of nitro groups is 1. The number of non-ortho nitro benzene ring substituents is 1. The van der Waals surface area contributed by atoms with E-state index in [2.05, 4.69) is 10.3 Å². The van der Waals surface area contributed by atoms with Crippen LogP contribution in [0.2, 0.25) is 0 Å². The van der Waals surface area contributed by atoms with E-state index >= 15 is 0 Å². The summed E-state index contributed by atoms with van der Waals surface area (Å²) in [4.78, 5) is 26.7. The zero-order valence-corrected chi connectivity index (χ0v) is 14.5. The fraction of sp³-hybridized carbons (Fsp3) is 0.167. The van der Waals surface area contributed by atoms with Crippen molar-refractivity contribution in [1.29, 1.82) is 0 Å². The smallest absolute Gasteiger partial charge is 0.270 e. The molecule has 26 heavy (non-hydrogen) atoms. The molecule has 134 valence electrons. The van der Waals surface area contributed by atoms with Crippen LogP contribution in [0.25, 0.3) is 10.9 Å². The van der Waals surface area contributed by atoms with Gasteiger partial charge in [0.2, 0.25) is 0 Å². The Labute approximate surface area is 152 Å². The summed E-state index contributed by atoms with van der Waals surface area (Å²) in [5.41, 5.74) is 1.00. The zero-order valence-electron chi connectivity index (χ0n) is 13.7. The topological polar surface area (TPSA) is 88.0 Å². The molecule has 1 heterocycles. The van der Waals surface area contributed by atoms with Gasteiger partial charge < -0.3 is 10.3 Å². The number of aromatic amines is 1. The molecule has 2 aromatic carbocycles. The van der Waals surface area contributed by atoms with Crippen molar-refractivity contribution in [2.75, 3.05) is 12.3 Å². The second kappa shape index (κ2) is 8.01. The molecular weight excluding hydrogens is 357 g/mol. The van der Waals surface area contributed by atoms with Gasteiger partial charge in [0.25, 0.3) is 11.6 Å². The van der Waals surface area contributed by atoms with Gasteiger partial charge in [-0.3, -0.25) is 14.9 Å². The summed E-state index contributed by atoms with van der Waals surface area (Å²) in [5.74, 6) is 0.245. The Morgan fingerprint density at radius 2 is 2.00 bits per heavy atom. The van der Waals surface area contributed by atoms with E-state index in [1.54, 1.807) is 36.2 Å². The number of thioether (sulfide) groups is 1. The van der Waals surface area contributed by atoms with Crippen LogP contribution in [0.4, 0.5) is 10.1 Å². The van der Waals surface area contributed by atoms with Crippen molar-refractivity contribution in [1.82, 2.24) is 10.3 Å². The number of halogens is 1. The van der Waals surface area contributed by atoms with Gasteiger partial charge in [-0.15, -0.1) is 11.8 Å². The Kier molecular flexibility index (Phi) is 5.52. The van der Waals surface area contributed by atoms with Crippen LogP contribution in [0.15, 0.2) is 53.6 Å². The van der Waals surface area contributed by atoms with E-state index in [9.17, 15) is 19.3 Å². The molecule has 0 aliphatic heterocycles. The van der Waals surface area contributed by atoms with Gasteiger partial charge in [0.1, 0.15) is 5.82 Å². The van der Waals surface area contributed by atoms with Crippen LogP contribution in [0.3, 0.4) is 0 Å². The lowest BCUT2D eigenvalue weighted by Crippen LogP contribution is -2.24. The van der Waals surface area contributed by atoms with Crippen LogP contribution in [-0.2, 0) is 0 Å². The number of hydrogen-bond donors (Lipinski definition) is 2. The molecular formula is C18H16FN3O3S. The molecule has 1 aromatic heterocycles. The van der Waals surface area contributed by atoms with Crippen molar-refractivity contribution in [2.24, 2.45) is 0 Å². The lowest BCUT2D eigenvalue weighted by Gasteiger charge is -2.05. The van der Waals surface area contributed by atoms with Crippen molar-refractivity contribution >= 4 is 34.3 Å². The molecule has 1 amide bonds. The molecule has 0 saturated carbocycles. The maximum absolute atomic E-state index is 12.8. The van der Waals surface area contributed by atoms with E-state index < -0.39 is 4.92 Å². The van der Waals surface area contributed by atoms with Gasteiger partial charge in [-0.1, -0.05) is 0 Å². The molecule has 3 rings (SSSR count). The molecule has 0 saturated heterocycles. The van der Waals surface area contributed by atoms with Crippen LogP contribution in [0.1, 0.15) is 16.8 Å². The predicted molar refractivity (Wildman–Crippen MR) is 99.0 cm³/mol. The predicted octanol–water partition coefficient (Wildman–Crippen LogP) is 4.13. The van der Waals surface area contributed by atoms with Gasteiger partial charge in [0, 0.05) is 40.7 Å². The first-order chi connectivity index (χ1) is 12.5. The Morgan fingerprint density at radius 3 is 2.73 bits per heavy atom. The molecule has 6 nitrogen and oxygen atoms in total. The number of rotatable bonds is 7. The number of fused-ring (bicyclic) bond motifs is 1. The summed E-state index contributed by atoms with van der Waals surface area (Å²) in [6.45, 7) is 0.481. The van der Waals surface area contributed by atoms with Crippen LogP contribution in [-0.4, -0.2) is 28.1 Å². The highest BCUT2D eigenvalue weighted by Gasteiger charge is 2.15. The van der Waals surface area contributed by atoms with E-state index in [0.29, 0.717) is 23.0 Å². The third kappa shape index (κ3) is 4.20. The first kappa shape index (κ1) is 17.9. The fourth-order valence-electron chi connectivity index (χ4n) is 2.50. The van der Waals surface area contributed by atoms with E-state index in [1.807, 2.05) is 0 Å². The number of carbonyl (C=O) groups is 1. The summed E-state index contributed by atoms with van der Waals surface area (Å²) in [7, 11) is 0. The van der Waals surface area contributed by atoms with Gasteiger partial charge in [0.15, 0.2) is 0 Å². The number of hydrogen-bond acceptors (Lipinski definition) is 4. The first-order valence-corrected chi connectivity index (χ1v) is 8.95. The number of carbonyl (C=O) groups excluding carboxylic acids is 1. The second-order valence-electron chi connectivity index (χ2n) is 5.60. The molecule has 0 atom stereocenters. The molecule has 0 fully saturated rings. The van der Waals surface area contributed by atoms with E-state index in [1.165, 1.54) is 24.3 Å². The Balaban J connectivity index is 1.53. The number of benzene rings is 2. The first-order valence-electron chi connectivity index (χ1n) is 7.96. The average molecular weight is 373 g/mol. The van der Waals surface area contributed by atoms with Crippen molar-refractivity contribution in [3.8, 4) is 0 Å². The van der Waals surface area contributed by atoms with E-state index in [0.717, 1.165) is 17.1 Å². The number of aromatic nitrogens is 1. The van der Waals surface area contributed by atoms with Crippen LogP contribution < -0.4 is 5.32 Å². The van der Waals surface area contributed by atoms with Crippen molar-refractivity contribution in [3.05, 3.63) is 70.2 Å². The Morgan fingerprint density at radius 1 is 1.23 bits per heavy atom. The minimum Gasteiger partial charge on any atom is -0.360 e. The molecule has 3 aromatic rings. The maximum atomic E-state index is 12.8. The number of nitrogens with one attached hydrogen (secondary N) is 2. The minimum atomic E-state index is -0.485. The normalized spacial score (nSPS) is 10.8. The molecule has 8 heteroatoms. The Hall–Kier alpha value is -2.87. The summed E-state index contributed by atoms with van der Waals surface area (Å²) < 4.78 is 12.8. The largest absolute Gasteiger partial charge is 0.360 e. The molecule has 2 N–H and O–H groups in total. The fourth-order valence-corrected chi connectivity index (χ4v) is 3.35. The maximum Gasteiger partial charge on any atom is 0.270 e. The highest BCUT2D eigenvalue weighted by atomic mass is 32.2. The molecule has 0 aliphatic carbocycles. The molecule has 0 aliphatic rings. The monoisotopic (exact) mass is 373 g/mol. The zero-order chi connectivity index (χ0) is 18.5. The van der Waals surface area contributed by atoms with Crippen LogP contribution in [0.5, 0.6) is 0 Å². The van der Waals surface area contributed by atoms with Gasteiger partial charge >= 0.3 is 0 Å². The molecule has 0 spiro atoms. The molecule has 0 unspecified atom stereocenters. The van der Waals surface area contributed by atoms with Crippen molar-refractivity contribution in [3.63, 3.8) is 0 Å². The van der Waals surface area contributed by atoms with E-state index in [4.69, 9.17) is 0 Å². The van der Waals surface area contributed by atoms with Crippen LogP contribution >= 0.6 is 11.8 Å². The van der Waals surface area contributed by atoms with Crippen molar-refractivity contribution < 1.29 is 14.1 Å². The van der Waals surface area contributed by atoms with Gasteiger partial charge in [-0.05, 0) is 42.5 Å². The van der Waals surface area contributed by atoms with Crippen molar-refractivity contribution in [2.45, 2.75) is 11.3 Å². The number of amides is 1. The lowest BCUT2D eigenvalue weighted by atomic mass is 10.1. The summed E-state index contributed by atoms with van der Waals surface area (Å²) in [6.07, 6.45) is 2.30. The summed E-state index contributed by atoms with van der Waals surface area (Å²) in [6, 6.07) is 10.7. The lowest BCUT2D eigenvalue weighted by molar-refractivity contribution is -0.384. The molecule has 0 bridgehead atoms. The minimum absolute atomic E-state index is 0.0538. The summed E-state index contributed by atoms with van der Waals surface area (Å²) >= 11 is 1.59.